The van der Waals surface area contributed by atoms with Crippen molar-refractivity contribution in [3.63, 3.8) is 0 Å². The van der Waals surface area contributed by atoms with E-state index in [9.17, 15) is 29.8 Å². The fourth-order valence-electron chi connectivity index (χ4n) is 2.30. The summed E-state index contributed by atoms with van der Waals surface area (Å²) in [4.78, 5) is 44.8. The SMILES string of the molecule is CCOC(=O)C(C(=O)OCC)C(C[N+](=O)[O-])c1ccc([N+](=O)[O-])cc1. The number of rotatable bonds is 9. The van der Waals surface area contributed by atoms with E-state index in [1.807, 2.05) is 0 Å². The van der Waals surface area contributed by atoms with Crippen molar-refractivity contribution in [1.82, 2.24) is 0 Å². The molecule has 1 aromatic rings. The molecule has 0 N–H and O–H groups in total. The third kappa shape index (κ3) is 5.52. The topological polar surface area (TPSA) is 139 Å². The van der Waals surface area contributed by atoms with E-state index >= 15 is 0 Å². The predicted molar refractivity (Wildman–Crippen MR) is 84.5 cm³/mol. The first-order chi connectivity index (χ1) is 11.8. The first-order valence-electron chi connectivity index (χ1n) is 7.51. The summed E-state index contributed by atoms with van der Waals surface area (Å²) in [6, 6.07) is 4.85. The van der Waals surface area contributed by atoms with Gasteiger partial charge in [-0.3, -0.25) is 29.8 Å². The van der Waals surface area contributed by atoms with Crippen molar-refractivity contribution in [3.8, 4) is 0 Å². The molecule has 1 unspecified atom stereocenters. The molecule has 25 heavy (non-hydrogen) atoms. The molecule has 1 atom stereocenters. The Labute approximate surface area is 143 Å². The molecule has 0 spiro atoms. The number of nitro groups is 2. The number of hydrogen-bond donors (Lipinski definition) is 0. The summed E-state index contributed by atoms with van der Waals surface area (Å²) in [7, 11) is 0. The fourth-order valence-corrected chi connectivity index (χ4v) is 2.30. The Morgan fingerprint density at radius 3 is 1.84 bits per heavy atom. The lowest BCUT2D eigenvalue weighted by Crippen LogP contribution is -2.36. The zero-order valence-corrected chi connectivity index (χ0v) is 13.7. The number of ether oxygens (including phenoxy) is 2. The van der Waals surface area contributed by atoms with E-state index in [2.05, 4.69) is 0 Å². The maximum Gasteiger partial charge on any atom is 0.321 e. The molecule has 0 fully saturated rings. The van der Waals surface area contributed by atoms with E-state index in [4.69, 9.17) is 9.47 Å². The number of carbonyl (C=O) groups is 2. The normalized spacial score (nSPS) is 11.6. The molecule has 0 aliphatic carbocycles. The summed E-state index contributed by atoms with van der Waals surface area (Å²) in [6.07, 6.45) is 0. The van der Waals surface area contributed by atoms with E-state index in [-0.39, 0.29) is 24.5 Å². The van der Waals surface area contributed by atoms with Crippen molar-refractivity contribution in [2.75, 3.05) is 19.8 Å². The van der Waals surface area contributed by atoms with Crippen molar-refractivity contribution in [3.05, 3.63) is 50.1 Å². The molecular formula is C15H18N2O8. The lowest BCUT2D eigenvalue weighted by atomic mass is 9.85. The second-order valence-electron chi connectivity index (χ2n) is 4.95. The molecule has 10 heteroatoms. The van der Waals surface area contributed by atoms with Gasteiger partial charge in [-0.05, 0) is 19.4 Å². The zero-order chi connectivity index (χ0) is 19.0. The second kappa shape index (κ2) is 9.30. The fraction of sp³-hybridized carbons (Fsp3) is 0.467. The van der Waals surface area contributed by atoms with Crippen molar-refractivity contribution in [2.45, 2.75) is 19.8 Å². The Hall–Kier alpha value is -3.04. The van der Waals surface area contributed by atoms with Gasteiger partial charge in [0.05, 0.1) is 24.1 Å². The van der Waals surface area contributed by atoms with Crippen LogP contribution >= 0.6 is 0 Å². The Morgan fingerprint density at radius 1 is 1.00 bits per heavy atom. The first-order valence-corrected chi connectivity index (χ1v) is 7.51. The van der Waals surface area contributed by atoms with Gasteiger partial charge in [-0.1, -0.05) is 12.1 Å². The lowest BCUT2D eigenvalue weighted by Gasteiger charge is -2.21. The number of esters is 2. The monoisotopic (exact) mass is 354 g/mol. The maximum atomic E-state index is 12.2. The van der Waals surface area contributed by atoms with Crippen LogP contribution in [0.15, 0.2) is 24.3 Å². The number of hydrogen-bond acceptors (Lipinski definition) is 8. The Morgan fingerprint density at radius 2 is 1.48 bits per heavy atom. The Balaban J connectivity index is 3.30. The highest BCUT2D eigenvalue weighted by atomic mass is 16.6. The molecule has 10 nitrogen and oxygen atoms in total. The third-order valence-corrected chi connectivity index (χ3v) is 3.36. The number of nitrogens with zero attached hydrogens (tertiary/aromatic N) is 2. The summed E-state index contributed by atoms with van der Waals surface area (Å²) < 4.78 is 9.69. The summed E-state index contributed by atoms with van der Waals surface area (Å²) >= 11 is 0. The molecule has 1 aromatic carbocycles. The van der Waals surface area contributed by atoms with E-state index < -0.39 is 40.2 Å². The molecule has 0 saturated heterocycles. The van der Waals surface area contributed by atoms with Crippen molar-refractivity contribution in [2.24, 2.45) is 5.92 Å². The molecule has 0 aliphatic rings. The standard InChI is InChI=1S/C15H18N2O8/c1-3-24-14(18)13(15(19)25-4-2)12(9-16(20)21)10-5-7-11(8-6-10)17(22)23/h5-8,12-13H,3-4,9H2,1-2H3. The van der Waals surface area contributed by atoms with Gasteiger partial charge >= 0.3 is 11.9 Å². The van der Waals surface area contributed by atoms with Gasteiger partial charge in [-0.15, -0.1) is 0 Å². The van der Waals surface area contributed by atoms with Gasteiger partial charge in [0.25, 0.3) is 5.69 Å². The molecular weight excluding hydrogens is 336 g/mol. The Bertz CT molecular complexity index is 625. The third-order valence-electron chi connectivity index (χ3n) is 3.36. The van der Waals surface area contributed by atoms with Crippen LogP contribution in [-0.2, 0) is 19.1 Å². The summed E-state index contributed by atoms with van der Waals surface area (Å²) in [5.74, 6) is -4.59. The number of benzene rings is 1. The number of non-ortho nitro benzene ring substituents is 1. The van der Waals surface area contributed by atoms with Crippen LogP contribution in [0.4, 0.5) is 5.69 Å². The molecule has 0 aromatic heterocycles. The van der Waals surface area contributed by atoms with Gasteiger partial charge in [0, 0.05) is 17.1 Å². The molecule has 136 valence electrons. The van der Waals surface area contributed by atoms with Crippen molar-refractivity contribution >= 4 is 17.6 Å². The van der Waals surface area contributed by atoms with E-state index in [1.54, 1.807) is 0 Å². The van der Waals surface area contributed by atoms with Crippen LogP contribution in [0, 0.1) is 26.1 Å². The molecule has 0 bridgehead atoms. The zero-order valence-electron chi connectivity index (χ0n) is 13.7. The van der Waals surface area contributed by atoms with Crippen LogP contribution in [0.1, 0.15) is 25.3 Å². The second-order valence-corrected chi connectivity index (χ2v) is 4.95. The summed E-state index contributed by atoms with van der Waals surface area (Å²) in [5, 5.41) is 21.7. The summed E-state index contributed by atoms with van der Waals surface area (Å²) in [5.41, 5.74) is 0.0147. The van der Waals surface area contributed by atoms with Crippen LogP contribution in [0.5, 0.6) is 0 Å². The van der Waals surface area contributed by atoms with Crippen LogP contribution in [0.25, 0.3) is 0 Å². The minimum atomic E-state index is -1.54. The van der Waals surface area contributed by atoms with Crippen LogP contribution < -0.4 is 0 Å². The first kappa shape index (κ1) is 20.0. The molecule has 0 aliphatic heterocycles. The van der Waals surface area contributed by atoms with Crippen molar-refractivity contribution in [1.29, 1.82) is 0 Å². The lowest BCUT2D eigenvalue weighted by molar-refractivity contribution is -0.484. The highest BCUT2D eigenvalue weighted by molar-refractivity contribution is 5.96. The van der Waals surface area contributed by atoms with Gasteiger partial charge < -0.3 is 9.47 Å². The number of nitro benzene ring substituents is 1. The molecule has 0 radical (unpaired) electrons. The van der Waals surface area contributed by atoms with Gasteiger partial charge in [0.2, 0.25) is 6.54 Å². The molecule has 1 rings (SSSR count). The summed E-state index contributed by atoms with van der Waals surface area (Å²) in [6.45, 7) is 2.31. The van der Waals surface area contributed by atoms with E-state index in [0.717, 1.165) is 12.1 Å². The average molecular weight is 354 g/mol. The molecule has 0 saturated carbocycles. The largest absolute Gasteiger partial charge is 0.465 e. The van der Waals surface area contributed by atoms with Gasteiger partial charge in [0.15, 0.2) is 5.92 Å². The quantitative estimate of drug-likeness (QED) is 0.282. The minimum Gasteiger partial charge on any atom is -0.465 e. The predicted octanol–water partition coefficient (Wildman–Crippen LogP) is 1.70. The maximum absolute atomic E-state index is 12.2. The van der Waals surface area contributed by atoms with E-state index in [0.29, 0.717) is 0 Å². The smallest absolute Gasteiger partial charge is 0.321 e. The van der Waals surface area contributed by atoms with Gasteiger partial charge in [-0.2, -0.15) is 0 Å². The van der Waals surface area contributed by atoms with Crippen LogP contribution in [-0.4, -0.2) is 41.5 Å². The molecule has 0 heterocycles. The minimum absolute atomic E-state index is 0.0137. The highest BCUT2D eigenvalue weighted by Gasteiger charge is 2.41. The van der Waals surface area contributed by atoms with Crippen molar-refractivity contribution < 1.29 is 28.9 Å². The van der Waals surface area contributed by atoms with Gasteiger partial charge in [-0.25, -0.2) is 0 Å². The van der Waals surface area contributed by atoms with Crippen LogP contribution in [0.3, 0.4) is 0 Å². The average Bonchev–Trinajstić information content (AvgIpc) is 2.54. The van der Waals surface area contributed by atoms with Crippen LogP contribution in [0.2, 0.25) is 0 Å². The highest BCUT2D eigenvalue weighted by Crippen LogP contribution is 2.29. The van der Waals surface area contributed by atoms with Gasteiger partial charge in [0.1, 0.15) is 0 Å². The Kier molecular flexibility index (Phi) is 7.44. The molecule has 0 amide bonds. The number of carbonyl (C=O) groups excluding carboxylic acids is 2. The van der Waals surface area contributed by atoms with E-state index in [1.165, 1.54) is 26.0 Å².